The summed E-state index contributed by atoms with van der Waals surface area (Å²) in [7, 11) is -1.68. The predicted molar refractivity (Wildman–Crippen MR) is 104 cm³/mol. The molecule has 8 nitrogen and oxygen atoms in total. The van der Waals surface area contributed by atoms with Crippen LogP contribution in [0.3, 0.4) is 0 Å². The first kappa shape index (κ1) is 21.5. The molecule has 0 aliphatic carbocycles. The van der Waals surface area contributed by atoms with Gasteiger partial charge in [-0.05, 0) is 18.7 Å². The van der Waals surface area contributed by atoms with E-state index in [4.69, 9.17) is 16.3 Å². The lowest BCUT2D eigenvalue weighted by Crippen LogP contribution is -2.47. The van der Waals surface area contributed by atoms with Crippen LogP contribution < -0.4 is 15.4 Å². The monoisotopic (exact) mass is 417 g/mol. The maximum atomic E-state index is 12.2. The number of amides is 2. The number of methoxy groups -OCH3 is 1. The normalized spacial score (nSPS) is 21.0. The first-order chi connectivity index (χ1) is 12.7. The number of sulfone groups is 1. The molecule has 2 rings (SSSR count). The van der Waals surface area contributed by atoms with E-state index in [0.29, 0.717) is 18.0 Å². The van der Waals surface area contributed by atoms with Crippen molar-refractivity contribution in [2.45, 2.75) is 18.3 Å². The van der Waals surface area contributed by atoms with Crippen molar-refractivity contribution in [1.82, 2.24) is 10.2 Å². The maximum Gasteiger partial charge on any atom is 0.238 e. The second-order valence-electron chi connectivity index (χ2n) is 6.35. The van der Waals surface area contributed by atoms with Gasteiger partial charge in [0.05, 0.1) is 43.1 Å². The first-order valence-electron chi connectivity index (χ1n) is 8.52. The molecule has 1 aliphatic heterocycles. The topological polar surface area (TPSA) is 105 Å². The number of anilines is 1. The molecule has 1 aliphatic rings. The molecule has 0 unspecified atom stereocenters. The Kier molecular flexibility index (Phi) is 7.46. The quantitative estimate of drug-likeness (QED) is 0.596. The summed E-state index contributed by atoms with van der Waals surface area (Å²) >= 11 is 5.99. The number of nitrogens with one attached hydrogen (secondary N) is 2. The number of benzene rings is 1. The lowest BCUT2D eigenvalue weighted by molar-refractivity contribution is -0.123. The van der Waals surface area contributed by atoms with Crippen molar-refractivity contribution in [1.29, 1.82) is 0 Å². The number of likely N-dealkylation sites (N-methyl/N-ethyl adjacent to an activating group) is 1. The van der Waals surface area contributed by atoms with E-state index in [0.717, 1.165) is 0 Å². The van der Waals surface area contributed by atoms with E-state index in [2.05, 4.69) is 10.6 Å². The number of hydrogen-bond acceptors (Lipinski definition) is 6. The van der Waals surface area contributed by atoms with E-state index >= 15 is 0 Å². The summed E-state index contributed by atoms with van der Waals surface area (Å²) in [5, 5.41) is 4.77. The molecule has 0 spiro atoms. The molecule has 1 saturated heterocycles. The third-order valence-electron chi connectivity index (χ3n) is 4.16. The minimum atomic E-state index is -3.22. The van der Waals surface area contributed by atoms with Gasteiger partial charge >= 0.3 is 0 Å². The van der Waals surface area contributed by atoms with Crippen molar-refractivity contribution >= 4 is 38.9 Å². The van der Waals surface area contributed by atoms with Crippen LogP contribution in [0.4, 0.5) is 5.69 Å². The number of carbonyl (C=O) groups excluding carboxylic acids is 2. The third kappa shape index (κ3) is 6.67. The van der Waals surface area contributed by atoms with Crippen LogP contribution in [0.15, 0.2) is 24.3 Å². The fourth-order valence-electron chi connectivity index (χ4n) is 2.78. The van der Waals surface area contributed by atoms with Crippen LogP contribution in [0.2, 0.25) is 0 Å². The number of nitrogens with zero attached hydrogens (tertiary/aromatic N) is 1. The van der Waals surface area contributed by atoms with E-state index in [1.54, 1.807) is 36.3 Å². The highest BCUT2D eigenvalue weighted by Crippen LogP contribution is 2.18. The Morgan fingerprint density at radius 1 is 1.26 bits per heavy atom. The zero-order chi connectivity index (χ0) is 20.0. The molecule has 150 valence electrons. The summed E-state index contributed by atoms with van der Waals surface area (Å²) in [5.41, 5.74) is 0.598. The number of hydrogen-bond donors (Lipinski definition) is 2. The van der Waals surface area contributed by atoms with Crippen molar-refractivity contribution < 1.29 is 22.7 Å². The predicted octanol–water partition coefficient (Wildman–Crippen LogP) is 0.476. The van der Waals surface area contributed by atoms with Gasteiger partial charge in [0, 0.05) is 11.8 Å². The lowest BCUT2D eigenvalue weighted by atomic mass is 10.2. The average Bonchev–Trinajstić information content (AvgIpc) is 2.85. The Morgan fingerprint density at radius 3 is 2.56 bits per heavy atom. The molecule has 2 atom stereocenters. The Bertz CT molecular complexity index is 787. The van der Waals surface area contributed by atoms with Gasteiger partial charge in [0.25, 0.3) is 0 Å². The Morgan fingerprint density at radius 2 is 1.96 bits per heavy atom. The fourth-order valence-corrected chi connectivity index (χ4v) is 5.33. The molecule has 1 heterocycles. The number of halogens is 1. The van der Waals surface area contributed by atoms with Gasteiger partial charge in [0.15, 0.2) is 9.84 Å². The van der Waals surface area contributed by atoms with Gasteiger partial charge in [-0.2, -0.15) is 0 Å². The highest BCUT2D eigenvalue weighted by Gasteiger charge is 2.37. The standard InChI is InChI=1S/C17H24ClN3O5S/c1-3-21(8-16(22)19-12-5-4-6-13(7-12)26-2)9-17(23)20-15-11-27(24,25)10-14(15)18/h4-7,14-15H,3,8-11H2,1-2H3,(H,19,22)(H,20,23)/t14-,15-/m0/s1. The molecule has 10 heteroatoms. The van der Waals surface area contributed by atoms with Crippen molar-refractivity contribution in [3.8, 4) is 5.75 Å². The number of carbonyl (C=O) groups is 2. The minimum absolute atomic E-state index is 0.0222. The van der Waals surface area contributed by atoms with Crippen LogP contribution in [-0.4, -0.2) is 74.8 Å². The van der Waals surface area contributed by atoms with Crippen LogP contribution in [0.5, 0.6) is 5.75 Å². The molecule has 0 radical (unpaired) electrons. The first-order valence-corrected chi connectivity index (χ1v) is 10.8. The summed E-state index contributed by atoms with van der Waals surface area (Å²) in [6.45, 7) is 2.30. The number of alkyl halides is 1. The van der Waals surface area contributed by atoms with Crippen LogP contribution in [-0.2, 0) is 19.4 Å². The van der Waals surface area contributed by atoms with Crippen molar-refractivity contribution in [3.05, 3.63) is 24.3 Å². The number of rotatable bonds is 8. The second-order valence-corrected chi connectivity index (χ2v) is 9.06. The van der Waals surface area contributed by atoms with Gasteiger partial charge in [-0.15, -0.1) is 11.6 Å². The maximum absolute atomic E-state index is 12.2. The molecule has 2 N–H and O–H groups in total. The van der Waals surface area contributed by atoms with Gasteiger partial charge in [-0.25, -0.2) is 8.42 Å². The second kappa shape index (κ2) is 9.38. The minimum Gasteiger partial charge on any atom is -0.497 e. The van der Waals surface area contributed by atoms with Gasteiger partial charge in [-0.3, -0.25) is 14.5 Å². The molecule has 0 aromatic heterocycles. The smallest absolute Gasteiger partial charge is 0.238 e. The van der Waals surface area contributed by atoms with Crippen molar-refractivity contribution in [2.24, 2.45) is 0 Å². The van der Waals surface area contributed by atoms with Crippen LogP contribution >= 0.6 is 11.6 Å². The van der Waals surface area contributed by atoms with E-state index in [1.165, 1.54) is 0 Å². The summed E-state index contributed by atoms with van der Waals surface area (Å²) < 4.78 is 28.2. The van der Waals surface area contributed by atoms with E-state index < -0.39 is 21.3 Å². The molecule has 0 saturated carbocycles. The highest BCUT2D eigenvalue weighted by molar-refractivity contribution is 7.91. The van der Waals surface area contributed by atoms with E-state index in [9.17, 15) is 18.0 Å². The van der Waals surface area contributed by atoms with Gasteiger partial charge in [-0.1, -0.05) is 13.0 Å². The van der Waals surface area contributed by atoms with E-state index in [1.807, 2.05) is 6.92 Å². The molecule has 1 fully saturated rings. The Hall–Kier alpha value is -1.84. The van der Waals surface area contributed by atoms with Gasteiger partial charge < -0.3 is 15.4 Å². The van der Waals surface area contributed by atoms with Crippen LogP contribution in [0.25, 0.3) is 0 Å². The van der Waals surface area contributed by atoms with Crippen molar-refractivity contribution in [3.63, 3.8) is 0 Å². The van der Waals surface area contributed by atoms with Gasteiger partial charge in [0.2, 0.25) is 11.8 Å². The lowest BCUT2D eigenvalue weighted by Gasteiger charge is -2.21. The fraction of sp³-hybridized carbons (Fsp3) is 0.529. The molecule has 1 aromatic rings. The third-order valence-corrected chi connectivity index (χ3v) is 6.54. The molecule has 27 heavy (non-hydrogen) atoms. The summed E-state index contributed by atoms with van der Waals surface area (Å²) in [5.74, 6) is -0.299. The van der Waals surface area contributed by atoms with Gasteiger partial charge in [0.1, 0.15) is 5.75 Å². The molecular formula is C17H24ClN3O5S. The summed E-state index contributed by atoms with van der Waals surface area (Å²) in [6, 6.07) is 6.36. The number of ether oxygens (including phenoxy) is 1. The molecule has 0 bridgehead atoms. The molecule has 2 amide bonds. The summed E-state index contributed by atoms with van der Waals surface area (Å²) in [4.78, 5) is 26.1. The average molecular weight is 418 g/mol. The van der Waals surface area contributed by atoms with Crippen LogP contribution in [0.1, 0.15) is 6.92 Å². The zero-order valence-electron chi connectivity index (χ0n) is 15.3. The molecular weight excluding hydrogens is 394 g/mol. The Labute approximate surface area is 164 Å². The molecule has 1 aromatic carbocycles. The summed E-state index contributed by atoms with van der Waals surface area (Å²) in [6.07, 6.45) is 0. The SMILES string of the molecule is CCN(CC(=O)Nc1cccc(OC)c1)CC(=O)N[C@H]1CS(=O)(=O)C[C@@H]1Cl. The Balaban J connectivity index is 1.85. The zero-order valence-corrected chi connectivity index (χ0v) is 16.8. The largest absolute Gasteiger partial charge is 0.497 e. The van der Waals surface area contributed by atoms with Crippen LogP contribution in [0, 0.1) is 0 Å². The highest BCUT2D eigenvalue weighted by atomic mass is 35.5. The van der Waals surface area contributed by atoms with E-state index in [-0.39, 0.29) is 36.4 Å². The van der Waals surface area contributed by atoms with Crippen molar-refractivity contribution in [2.75, 3.05) is 43.6 Å².